The summed E-state index contributed by atoms with van der Waals surface area (Å²) in [5, 5.41) is 6.34. The van der Waals surface area contributed by atoms with Gasteiger partial charge in [0.2, 0.25) is 5.91 Å². The SMILES string of the molecule is CC(C)CC(NC(=O)CNC(=O)c1cc(Cl)ccc1Cl)B1O[C@@H]2C[C@@H]3C[C@@H](C3(C)C)[C@]2(C)O1. The highest BCUT2D eigenvalue weighted by Crippen LogP contribution is 2.65. The van der Waals surface area contributed by atoms with Gasteiger partial charge < -0.3 is 19.9 Å². The summed E-state index contributed by atoms with van der Waals surface area (Å²) >= 11 is 12.1. The highest BCUT2D eigenvalue weighted by molar-refractivity contribution is 6.48. The van der Waals surface area contributed by atoms with E-state index in [0.29, 0.717) is 29.2 Å². The first-order chi connectivity index (χ1) is 15.4. The van der Waals surface area contributed by atoms with Gasteiger partial charge in [0, 0.05) is 5.02 Å². The minimum Gasteiger partial charge on any atom is -0.404 e. The summed E-state index contributed by atoms with van der Waals surface area (Å²) in [4.78, 5) is 25.2. The lowest BCUT2D eigenvalue weighted by molar-refractivity contribution is -0.199. The zero-order valence-corrected chi connectivity index (χ0v) is 21.4. The van der Waals surface area contributed by atoms with Crippen LogP contribution in [0, 0.1) is 23.2 Å². The van der Waals surface area contributed by atoms with E-state index in [1.54, 1.807) is 12.1 Å². The second kappa shape index (κ2) is 9.06. The van der Waals surface area contributed by atoms with Crippen LogP contribution in [-0.4, -0.2) is 43.1 Å². The summed E-state index contributed by atoms with van der Waals surface area (Å²) < 4.78 is 13.0. The molecule has 1 aromatic carbocycles. The summed E-state index contributed by atoms with van der Waals surface area (Å²) in [5.74, 6) is 0.399. The highest BCUT2D eigenvalue weighted by Gasteiger charge is 2.68. The molecule has 6 nitrogen and oxygen atoms in total. The molecule has 4 aliphatic rings. The van der Waals surface area contributed by atoms with Gasteiger partial charge in [-0.2, -0.15) is 0 Å². The maximum Gasteiger partial charge on any atom is 0.481 e. The third kappa shape index (κ3) is 4.66. The van der Waals surface area contributed by atoms with Crippen molar-refractivity contribution in [1.82, 2.24) is 10.6 Å². The Morgan fingerprint density at radius 3 is 2.61 bits per heavy atom. The zero-order chi connectivity index (χ0) is 24.1. The molecule has 5 rings (SSSR count). The van der Waals surface area contributed by atoms with Crippen LogP contribution in [0.1, 0.15) is 64.2 Å². The number of halogens is 2. The van der Waals surface area contributed by atoms with Gasteiger partial charge in [0.05, 0.1) is 34.8 Å². The van der Waals surface area contributed by atoms with E-state index in [0.717, 1.165) is 6.42 Å². The standard InChI is InChI=1S/C24H33BCl2N2O4/c1-13(2)8-20(25-32-19-10-14-9-18(23(14,3)4)24(19,5)33-25)29-21(30)12-28-22(31)16-11-15(26)6-7-17(16)27/h6-7,11,13-14,18-20H,8-10,12H2,1-5H3,(H,28,31)(H,29,30)/t14-,18-,19+,20?,24-/m0/s1. The molecule has 3 aliphatic carbocycles. The van der Waals surface area contributed by atoms with Gasteiger partial charge in [0.25, 0.3) is 5.91 Å². The number of carbonyl (C=O) groups is 2. The van der Waals surface area contributed by atoms with Crippen molar-refractivity contribution in [3.05, 3.63) is 33.8 Å². The fraction of sp³-hybridized carbons (Fsp3) is 0.667. The number of rotatable bonds is 7. The highest BCUT2D eigenvalue weighted by atomic mass is 35.5. The van der Waals surface area contributed by atoms with Crippen LogP contribution in [0.5, 0.6) is 0 Å². The maximum absolute atomic E-state index is 12.8. The molecular weight excluding hydrogens is 462 g/mol. The Kier molecular flexibility index (Phi) is 6.82. The minimum absolute atomic E-state index is 0.0514. The number of hydrogen-bond acceptors (Lipinski definition) is 4. The van der Waals surface area contributed by atoms with Gasteiger partial charge in [-0.3, -0.25) is 9.59 Å². The molecular formula is C24H33BCl2N2O4. The average Bonchev–Trinajstić information content (AvgIpc) is 3.10. The summed E-state index contributed by atoms with van der Waals surface area (Å²) in [5.41, 5.74) is 0.156. The molecule has 2 amide bonds. The molecule has 33 heavy (non-hydrogen) atoms. The van der Waals surface area contributed by atoms with Crippen molar-refractivity contribution < 1.29 is 18.9 Å². The van der Waals surface area contributed by atoms with Crippen molar-refractivity contribution in [2.75, 3.05) is 6.54 Å². The Labute approximate surface area is 206 Å². The molecule has 5 atom stereocenters. The summed E-state index contributed by atoms with van der Waals surface area (Å²) in [6.07, 6.45) is 2.94. The largest absolute Gasteiger partial charge is 0.481 e. The lowest BCUT2D eigenvalue weighted by Crippen LogP contribution is -2.65. The van der Waals surface area contributed by atoms with Crippen LogP contribution < -0.4 is 10.6 Å². The number of carbonyl (C=O) groups excluding carboxylic acids is 2. The van der Waals surface area contributed by atoms with Gasteiger partial charge in [-0.05, 0) is 67.6 Å². The van der Waals surface area contributed by atoms with Gasteiger partial charge in [-0.15, -0.1) is 0 Å². The number of nitrogens with one attached hydrogen (secondary N) is 2. The van der Waals surface area contributed by atoms with Crippen LogP contribution in [0.4, 0.5) is 0 Å². The molecule has 1 heterocycles. The van der Waals surface area contributed by atoms with E-state index >= 15 is 0 Å². The number of benzene rings is 1. The van der Waals surface area contributed by atoms with E-state index in [-0.39, 0.29) is 46.1 Å². The number of amides is 2. The van der Waals surface area contributed by atoms with Crippen molar-refractivity contribution >= 4 is 42.1 Å². The van der Waals surface area contributed by atoms with Crippen LogP contribution in [0.2, 0.25) is 10.0 Å². The Hall–Kier alpha value is -1.28. The predicted molar refractivity (Wildman–Crippen MR) is 130 cm³/mol. The molecule has 0 radical (unpaired) electrons. The topological polar surface area (TPSA) is 76.7 Å². The second-order valence-electron chi connectivity index (χ2n) is 10.9. The Morgan fingerprint density at radius 1 is 1.21 bits per heavy atom. The Morgan fingerprint density at radius 2 is 1.94 bits per heavy atom. The smallest absolute Gasteiger partial charge is 0.404 e. The van der Waals surface area contributed by atoms with Crippen LogP contribution in [0.3, 0.4) is 0 Å². The monoisotopic (exact) mass is 494 g/mol. The van der Waals surface area contributed by atoms with E-state index in [4.69, 9.17) is 32.5 Å². The van der Waals surface area contributed by atoms with E-state index < -0.39 is 13.0 Å². The number of hydrogen-bond donors (Lipinski definition) is 2. The summed E-state index contributed by atoms with van der Waals surface area (Å²) in [7, 11) is -0.500. The molecule has 3 saturated carbocycles. The first-order valence-corrected chi connectivity index (χ1v) is 12.5. The molecule has 2 N–H and O–H groups in total. The van der Waals surface area contributed by atoms with Crippen molar-refractivity contribution in [2.24, 2.45) is 23.2 Å². The molecule has 2 bridgehead atoms. The fourth-order valence-corrected chi connectivity index (χ4v) is 6.38. The summed E-state index contributed by atoms with van der Waals surface area (Å²) in [6, 6.07) is 4.64. The van der Waals surface area contributed by atoms with E-state index in [1.807, 2.05) is 0 Å². The normalized spacial score (nSPS) is 30.4. The molecule has 4 fully saturated rings. The van der Waals surface area contributed by atoms with Crippen molar-refractivity contribution in [2.45, 2.75) is 71.5 Å². The zero-order valence-electron chi connectivity index (χ0n) is 19.9. The van der Waals surface area contributed by atoms with Gasteiger partial charge in [0.15, 0.2) is 0 Å². The van der Waals surface area contributed by atoms with Crippen molar-refractivity contribution in [3.63, 3.8) is 0 Å². The van der Waals surface area contributed by atoms with E-state index in [9.17, 15) is 9.59 Å². The van der Waals surface area contributed by atoms with Gasteiger partial charge in [-0.25, -0.2) is 0 Å². The Balaban J connectivity index is 1.39. The van der Waals surface area contributed by atoms with Crippen LogP contribution in [0.15, 0.2) is 18.2 Å². The second-order valence-corrected chi connectivity index (χ2v) is 11.8. The van der Waals surface area contributed by atoms with E-state index in [2.05, 4.69) is 45.3 Å². The molecule has 1 saturated heterocycles. The van der Waals surface area contributed by atoms with Gasteiger partial charge >= 0.3 is 7.12 Å². The first kappa shape index (κ1) is 24.8. The van der Waals surface area contributed by atoms with Crippen LogP contribution >= 0.6 is 23.2 Å². The third-order valence-corrected chi connectivity index (χ3v) is 8.52. The predicted octanol–water partition coefficient (Wildman–Crippen LogP) is 4.52. The quantitative estimate of drug-likeness (QED) is 0.546. The molecule has 1 aliphatic heterocycles. The average molecular weight is 495 g/mol. The summed E-state index contributed by atoms with van der Waals surface area (Å²) in [6.45, 7) is 10.8. The van der Waals surface area contributed by atoms with Gasteiger partial charge in [0.1, 0.15) is 0 Å². The Bertz CT molecular complexity index is 943. The van der Waals surface area contributed by atoms with E-state index in [1.165, 1.54) is 12.5 Å². The lowest BCUT2D eigenvalue weighted by Gasteiger charge is -2.64. The third-order valence-electron chi connectivity index (χ3n) is 7.95. The van der Waals surface area contributed by atoms with Crippen molar-refractivity contribution in [1.29, 1.82) is 0 Å². The maximum atomic E-state index is 12.8. The molecule has 0 aromatic heterocycles. The minimum atomic E-state index is -0.500. The van der Waals surface area contributed by atoms with Crippen molar-refractivity contribution in [3.8, 4) is 0 Å². The molecule has 180 valence electrons. The van der Waals surface area contributed by atoms with Crippen LogP contribution in [0.25, 0.3) is 0 Å². The fourth-order valence-electron chi connectivity index (χ4n) is 6.00. The van der Waals surface area contributed by atoms with Gasteiger partial charge in [-0.1, -0.05) is 50.9 Å². The first-order valence-electron chi connectivity index (χ1n) is 11.8. The molecule has 0 spiro atoms. The van der Waals surface area contributed by atoms with Crippen LogP contribution in [-0.2, 0) is 14.1 Å². The molecule has 9 heteroatoms. The molecule has 1 unspecified atom stereocenters. The lowest BCUT2D eigenvalue weighted by atomic mass is 9.43. The molecule has 1 aromatic rings.